The normalized spacial score (nSPS) is 15.4. The van der Waals surface area contributed by atoms with E-state index < -0.39 is 79.3 Å². The summed E-state index contributed by atoms with van der Waals surface area (Å²) in [6.45, 7) is 0. The molecule has 0 bridgehead atoms. The van der Waals surface area contributed by atoms with Crippen molar-refractivity contribution in [3.05, 3.63) is 29.8 Å². The van der Waals surface area contributed by atoms with Gasteiger partial charge in [-0.3, -0.25) is 14.1 Å². The number of carbonyl (C=O) groups is 3. The molecule has 8 N–H and O–H groups in total. The van der Waals surface area contributed by atoms with Gasteiger partial charge in [0.15, 0.2) is 0 Å². The van der Waals surface area contributed by atoms with Crippen LogP contribution in [-0.2, 0) is 41.0 Å². The van der Waals surface area contributed by atoms with Crippen molar-refractivity contribution in [3.63, 3.8) is 0 Å². The van der Waals surface area contributed by atoms with Crippen LogP contribution in [0.4, 0.5) is 0 Å². The fraction of sp³-hybridized carbons (Fsp3) is 0.500. The Balaban J connectivity index is 3.04. The minimum Gasteiger partial charge on any atom is -0.748 e. The quantitative estimate of drug-likeness (QED) is 0.0902. The number of rotatable bonds is 14. The van der Waals surface area contributed by atoms with Crippen molar-refractivity contribution < 1.29 is 56.3 Å². The molecule has 1 aromatic rings. The Kier molecular flexibility index (Phi) is 11.4. The molecule has 1 aromatic carbocycles. The Labute approximate surface area is 207 Å². The number of carbonyl (C=O) groups excluding carboxylic acids is 2. The van der Waals surface area contributed by atoms with Gasteiger partial charge in [-0.1, -0.05) is 12.1 Å². The molecule has 0 unspecified atom stereocenters. The predicted molar refractivity (Wildman–Crippen MR) is 123 cm³/mol. The fourth-order valence-corrected chi connectivity index (χ4v) is 4.15. The third kappa shape index (κ3) is 12.2. The number of hydrogen-bond acceptors (Lipinski definition) is 10. The summed E-state index contributed by atoms with van der Waals surface area (Å²) in [4.78, 5) is 36.9. The number of hydrogen-bond donors (Lipinski definition) is 7. The second kappa shape index (κ2) is 13.0. The number of thiol groups is 1. The number of phenolic OH excluding ortho intramolecular Hbond substituents is 1. The van der Waals surface area contributed by atoms with E-state index in [1.165, 1.54) is 24.3 Å². The standard InChI is InChI=1S/C18H27N3O11S3/c19-12(5-7-34(27,28)29)15(33)17(24)21-14(9-10-1-3-11(22)4-2-10)16(23)20-13(18(25)26)6-8-35(30,31)32/h1-4,12-15,22,33H,5-9,19H2,(H,20,23)(H,21,24)(H,25,26)(H,27,28,29)(H,30,31,32)/t12-,13+,14+,15+/m1/s1. The first-order valence-corrected chi connectivity index (χ1v) is 13.7. The number of carboxylic acid groups (broad SMARTS) is 1. The largest absolute Gasteiger partial charge is 0.748 e. The molecule has 0 saturated heterocycles. The van der Waals surface area contributed by atoms with E-state index in [4.69, 9.17) is 4.55 Å². The van der Waals surface area contributed by atoms with Gasteiger partial charge in [-0.25, -0.2) is 13.2 Å². The maximum atomic E-state index is 12.8. The van der Waals surface area contributed by atoms with Crippen LogP contribution in [0.15, 0.2) is 24.3 Å². The highest BCUT2D eigenvalue weighted by molar-refractivity contribution is 7.86. The fourth-order valence-electron chi connectivity index (χ4n) is 2.80. The number of quaternary nitrogens is 1. The van der Waals surface area contributed by atoms with E-state index in [-0.39, 0.29) is 18.6 Å². The summed E-state index contributed by atoms with van der Waals surface area (Å²) in [5.74, 6) is -5.24. The van der Waals surface area contributed by atoms with E-state index in [1.54, 1.807) is 0 Å². The number of nitrogens with one attached hydrogen (secondary N) is 2. The molecular weight excluding hydrogens is 530 g/mol. The topological polar surface area (TPSA) is 255 Å². The third-order valence-electron chi connectivity index (χ3n) is 4.74. The van der Waals surface area contributed by atoms with Gasteiger partial charge < -0.3 is 31.1 Å². The molecule has 17 heteroatoms. The van der Waals surface area contributed by atoms with Crippen LogP contribution in [0.2, 0.25) is 0 Å². The van der Waals surface area contributed by atoms with Crippen LogP contribution in [0.5, 0.6) is 5.75 Å². The zero-order valence-corrected chi connectivity index (χ0v) is 20.8. The van der Waals surface area contributed by atoms with Crippen LogP contribution in [0.3, 0.4) is 0 Å². The minimum atomic E-state index is -4.55. The second-order valence-corrected chi connectivity index (χ2v) is 11.3. The summed E-state index contributed by atoms with van der Waals surface area (Å²) in [5.41, 5.74) is 4.05. The summed E-state index contributed by atoms with van der Waals surface area (Å²) in [6.07, 6.45) is -1.11. The van der Waals surface area contributed by atoms with Crippen LogP contribution in [-0.4, -0.2) is 88.8 Å². The summed E-state index contributed by atoms with van der Waals surface area (Å²) in [7, 11) is -9.06. The van der Waals surface area contributed by atoms with E-state index in [0.717, 1.165) is 0 Å². The summed E-state index contributed by atoms with van der Waals surface area (Å²) >= 11 is 4.08. The zero-order chi connectivity index (χ0) is 27.0. The van der Waals surface area contributed by atoms with Gasteiger partial charge in [0, 0.05) is 18.6 Å². The van der Waals surface area contributed by atoms with E-state index in [0.29, 0.717) is 5.56 Å². The lowest BCUT2D eigenvalue weighted by Gasteiger charge is -2.24. The van der Waals surface area contributed by atoms with E-state index in [9.17, 15) is 46.0 Å². The Morgan fingerprint density at radius 2 is 1.51 bits per heavy atom. The lowest BCUT2D eigenvalue weighted by molar-refractivity contribution is -0.416. The second-order valence-electron chi connectivity index (χ2n) is 7.66. The average Bonchev–Trinajstić information content (AvgIpc) is 2.73. The molecule has 0 heterocycles. The van der Waals surface area contributed by atoms with Gasteiger partial charge in [0.1, 0.15) is 29.1 Å². The molecule has 0 aliphatic heterocycles. The number of phenols is 1. The number of aliphatic carboxylic acids is 1. The first kappa shape index (κ1) is 30.6. The molecule has 35 heavy (non-hydrogen) atoms. The van der Waals surface area contributed by atoms with Gasteiger partial charge in [-0.15, -0.1) is 0 Å². The van der Waals surface area contributed by atoms with Gasteiger partial charge >= 0.3 is 5.97 Å². The van der Waals surface area contributed by atoms with Crippen molar-refractivity contribution in [2.75, 3.05) is 11.5 Å². The third-order valence-corrected chi connectivity index (χ3v) is 6.89. The van der Waals surface area contributed by atoms with Crippen LogP contribution >= 0.6 is 12.6 Å². The molecule has 0 aliphatic carbocycles. The molecule has 4 atom stereocenters. The molecule has 0 fully saturated rings. The van der Waals surface area contributed by atoms with Gasteiger partial charge in [-0.05, 0) is 24.1 Å². The molecule has 0 radical (unpaired) electrons. The Bertz CT molecular complexity index is 1110. The van der Waals surface area contributed by atoms with E-state index in [1.807, 2.05) is 0 Å². The maximum Gasteiger partial charge on any atom is 0.326 e. The highest BCUT2D eigenvalue weighted by Gasteiger charge is 2.31. The van der Waals surface area contributed by atoms with Crippen molar-refractivity contribution in [1.29, 1.82) is 0 Å². The highest BCUT2D eigenvalue weighted by atomic mass is 32.2. The molecule has 14 nitrogen and oxygen atoms in total. The number of amides is 2. The van der Waals surface area contributed by atoms with Gasteiger partial charge in [0.2, 0.25) is 11.8 Å². The number of carboxylic acids is 1. The molecule has 198 valence electrons. The molecule has 0 spiro atoms. The molecular formula is C18H27N3O11S3. The lowest BCUT2D eigenvalue weighted by atomic mass is 10.0. The molecule has 0 aromatic heterocycles. The van der Waals surface area contributed by atoms with Crippen molar-refractivity contribution in [1.82, 2.24) is 10.6 Å². The van der Waals surface area contributed by atoms with Crippen molar-refractivity contribution >= 4 is 50.6 Å². The SMILES string of the molecule is [NH3+][C@H](CCS(=O)(=O)[O-])[C@H](S)C(=O)N[C@@H](Cc1ccc(O)cc1)C(=O)N[C@@H](CCS(=O)(=O)O)C(=O)O. The summed E-state index contributed by atoms with van der Waals surface area (Å²) < 4.78 is 63.2. The first-order valence-electron chi connectivity index (χ1n) is 10.00. The van der Waals surface area contributed by atoms with Gasteiger partial charge in [0.05, 0.1) is 15.9 Å². The van der Waals surface area contributed by atoms with Crippen LogP contribution in [0.1, 0.15) is 18.4 Å². The van der Waals surface area contributed by atoms with Crippen molar-refractivity contribution in [2.24, 2.45) is 0 Å². The summed E-state index contributed by atoms with van der Waals surface area (Å²) in [5, 5.41) is 21.9. The smallest absolute Gasteiger partial charge is 0.326 e. The Morgan fingerprint density at radius 1 is 0.971 bits per heavy atom. The van der Waals surface area contributed by atoms with Crippen LogP contribution < -0.4 is 16.4 Å². The van der Waals surface area contributed by atoms with Gasteiger partial charge in [-0.2, -0.15) is 21.0 Å². The summed E-state index contributed by atoms with van der Waals surface area (Å²) in [6, 6.07) is 1.47. The van der Waals surface area contributed by atoms with E-state index >= 15 is 0 Å². The first-order chi connectivity index (χ1) is 16.0. The monoisotopic (exact) mass is 557 g/mol. The molecule has 0 aliphatic rings. The number of aromatic hydroxyl groups is 1. The minimum absolute atomic E-state index is 0.0708. The Hall–Kier alpha value is -2.44. The average molecular weight is 558 g/mol. The van der Waals surface area contributed by atoms with Crippen LogP contribution in [0, 0.1) is 0 Å². The zero-order valence-electron chi connectivity index (χ0n) is 18.2. The molecule has 2 amide bonds. The van der Waals surface area contributed by atoms with Crippen molar-refractivity contribution in [2.45, 2.75) is 42.6 Å². The lowest BCUT2D eigenvalue weighted by Crippen LogP contribution is -2.68. The Morgan fingerprint density at radius 3 is 2.00 bits per heavy atom. The molecule has 0 saturated carbocycles. The van der Waals surface area contributed by atoms with E-state index in [2.05, 4.69) is 29.0 Å². The number of benzene rings is 1. The molecule has 1 rings (SSSR count). The highest BCUT2D eigenvalue weighted by Crippen LogP contribution is 2.13. The predicted octanol–water partition coefficient (Wildman–Crippen LogP) is -2.89. The van der Waals surface area contributed by atoms with Crippen LogP contribution in [0.25, 0.3) is 0 Å². The van der Waals surface area contributed by atoms with Crippen molar-refractivity contribution in [3.8, 4) is 5.75 Å². The maximum absolute atomic E-state index is 12.8. The van der Waals surface area contributed by atoms with Gasteiger partial charge in [0.25, 0.3) is 10.1 Å².